The van der Waals surface area contributed by atoms with Crippen molar-refractivity contribution < 1.29 is 28.6 Å². The van der Waals surface area contributed by atoms with Crippen LogP contribution in [0.15, 0.2) is 59.7 Å². The summed E-state index contributed by atoms with van der Waals surface area (Å²) in [4.78, 5) is 41.8. The van der Waals surface area contributed by atoms with Crippen LogP contribution >= 0.6 is 0 Å². The highest BCUT2D eigenvalue weighted by atomic mass is 16.5. The van der Waals surface area contributed by atoms with E-state index in [1.165, 1.54) is 12.1 Å². The Bertz CT molecular complexity index is 1000. The number of azide groups is 1. The summed E-state index contributed by atoms with van der Waals surface area (Å²) in [5.74, 6) is -2.17. The molecule has 160 valence electrons. The first-order valence-electron chi connectivity index (χ1n) is 9.28. The van der Waals surface area contributed by atoms with E-state index in [-0.39, 0.29) is 12.1 Å². The quantitative estimate of drug-likeness (QED) is 0.160. The number of methoxy groups -OCH3 is 2. The third kappa shape index (κ3) is 3.88. The van der Waals surface area contributed by atoms with Crippen molar-refractivity contribution in [3.05, 3.63) is 76.2 Å². The van der Waals surface area contributed by atoms with E-state index in [0.717, 1.165) is 24.7 Å². The van der Waals surface area contributed by atoms with Crippen molar-refractivity contribution in [2.75, 3.05) is 20.8 Å². The number of β-lactam (4-membered cyclic amide) rings is 1. The maximum Gasteiger partial charge on any atom is 0.348 e. The van der Waals surface area contributed by atoms with E-state index in [0.29, 0.717) is 12.4 Å². The van der Waals surface area contributed by atoms with E-state index in [4.69, 9.17) is 19.7 Å². The van der Waals surface area contributed by atoms with Crippen LogP contribution in [0.2, 0.25) is 0 Å². The number of esters is 2. The minimum Gasteiger partial charge on any atom is -0.489 e. The zero-order chi connectivity index (χ0) is 22.4. The summed E-state index contributed by atoms with van der Waals surface area (Å²) >= 11 is 0. The van der Waals surface area contributed by atoms with Crippen molar-refractivity contribution >= 4 is 17.8 Å². The van der Waals surface area contributed by atoms with Gasteiger partial charge in [-0.25, -0.2) is 9.59 Å². The molecule has 1 amide bonds. The lowest BCUT2D eigenvalue weighted by molar-refractivity contribution is -0.184. The number of nitrogens with zero attached hydrogens (tertiary/aromatic N) is 4. The number of hydrogen-bond donors (Lipinski definition) is 0. The van der Waals surface area contributed by atoms with Gasteiger partial charge in [-0.05, 0) is 23.2 Å². The molecule has 0 saturated carbocycles. The van der Waals surface area contributed by atoms with Crippen molar-refractivity contribution in [1.82, 2.24) is 4.90 Å². The summed E-state index contributed by atoms with van der Waals surface area (Å²) in [5, 5.41) is 3.37. The molecule has 1 aliphatic heterocycles. The minimum absolute atomic E-state index is 0.140. The average molecular weight is 424 g/mol. The van der Waals surface area contributed by atoms with E-state index in [1.54, 1.807) is 12.1 Å². The van der Waals surface area contributed by atoms with Gasteiger partial charge in [0.1, 0.15) is 18.4 Å². The van der Waals surface area contributed by atoms with Crippen molar-refractivity contribution in [1.29, 1.82) is 0 Å². The number of carbonyl (C=O) groups is 3. The van der Waals surface area contributed by atoms with Crippen molar-refractivity contribution in [3.8, 4) is 5.75 Å². The average Bonchev–Trinajstić information content (AvgIpc) is 2.82. The molecule has 2 aromatic rings. The summed E-state index contributed by atoms with van der Waals surface area (Å²) in [5.41, 5.74) is 7.55. The second-order valence-electron chi connectivity index (χ2n) is 6.66. The molecule has 31 heavy (non-hydrogen) atoms. The standard InChI is InChI=1S/C21H20N4O6/c1-29-19(27)21(20(28)30-2,25-12-17(18(25)26)23-24-22)15-8-10-16(11-9-15)31-13-14-6-4-3-5-7-14/h3-11,17H,12-13H2,1-2H3. The highest BCUT2D eigenvalue weighted by Crippen LogP contribution is 2.38. The van der Waals surface area contributed by atoms with Crippen LogP contribution < -0.4 is 4.74 Å². The predicted molar refractivity (Wildman–Crippen MR) is 108 cm³/mol. The number of rotatable bonds is 8. The molecule has 3 rings (SSSR count). The van der Waals surface area contributed by atoms with Crippen LogP contribution in [0, 0.1) is 0 Å². The number of benzene rings is 2. The van der Waals surface area contributed by atoms with E-state index in [1.807, 2.05) is 30.3 Å². The van der Waals surface area contributed by atoms with Gasteiger partial charge in [0.25, 0.3) is 5.54 Å². The van der Waals surface area contributed by atoms with Crippen LogP contribution in [0.3, 0.4) is 0 Å². The van der Waals surface area contributed by atoms with Gasteiger partial charge >= 0.3 is 11.9 Å². The molecule has 10 nitrogen and oxygen atoms in total. The lowest BCUT2D eigenvalue weighted by atomic mass is 9.84. The molecule has 0 aromatic heterocycles. The van der Waals surface area contributed by atoms with Gasteiger partial charge in [0.15, 0.2) is 0 Å². The Morgan fingerprint density at radius 2 is 1.71 bits per heavy atom. The van der Waals surface area contributed by atoms with E-state index < -0.39 is 29.4 Å². The molecule has 0 spiro atoms. The van der Waals surface area contributed by atoms with Gasteiger partial charge < -0.3 is 19.1 Å². The molecule has 1 aliphatic rings. The fraction of sp³-hybridized carbons (Fsp3) is 0.286. The van der Waals surface area contributed by atoms with Crippen LogP contribution in [0.4, 0.5) is 0 Å². The lowest BCUT2D eigenvalue weighted by Crippen LogP contribution is -2.70. The highest BCUT2D eigenvalue weighted by molar-refractivity contribution is 6.10. The van der Waals surface area contributed by atoms with Crippen LogP contribution in [0.5, 0.6) is 5.75 Å². The molecule has 0 aliphatic carbocycles. The zero-order valence-corrected chi connectivity index (χ0v) is 16.9. The molecular weight excluding hydrogens is 404 g/mol. The number of amides is 1. The third-order valence-corrected chi connectivity index (χ3v) is 4.98. The van der Waals surface area contributed by atoms with Crippen LogP contribution in [0.1, 0.15) is 11.1 Å². The SMILES string of the molecule is COC(=O)C(C(=O)OC)(c1ccc(OCc2ccccc2)cc1)N1CC(N=[N+]=[N-])C1=O. The van der Waals surface area contributed by atoms with Gasteiger partial charge in [-0.3, -0.25) is 4.79 Å². The third-order valence-electron chi connectivity index (χ3n) is 4.98. The summed E-state index contributed by atoms with van der Waals surface area (Å²) < 4.78 is 15.5. The van der Waals surface area contributed by atoms with Gasteiger partial charge in [-0.2, -0.15) is 0 Å². The maximum absolute atomic E-state index is 12.8. The number of ether oxygens (including phenoxy) is 3. The molecule has 2 aromatic carbocycles. The first kappa shape index (κ1) is 21.7. The molecule has 1 unspecified atom stereocenters. The largest absolute Gasteiger partial charge is 0.489 e. The topological polar surface area (TPSA) is 131 Å². The second-order valence-corrected chi connectivity index (χ2v) is 6.66. The summed E-state index contributed by atoms with van der Waals surface area (Å²) in [7, 11) is 2.21. The lowest BCUT2D eigenvalue weighted by Gasteiger charge is -2.46. The molecule has 1 heterocycles. The fourth-order valence-electron chi connectivity index (χ4n) is 3.38. The molecular formula is C21H20N4O6. The number of carbonyl (C=O) groups excluding carboxylic acids is 3. The molecule has 1 fully saturated rings. The Kier molecular flexibility index (Phi) is 6.42. The van der Waals surface area contributed by atoms with Crippen LogP contribution in [-0.4, -0.2) is 49.6 Å². The van der Waals surface area contributed by atoms with Gasteiger partial charge in [0, 0.05) is 17.0 Å². The minimum atomic E-state index is -2.17. The monoisotopic (exact) mass is 424 g/mol. The van der Waals surface area contributed by atoms with Gasteiger partial charge in [-0.1, -0.05) is 47.6 Å². The highest BCUT2D eigenvalue weighted by Gasteiger charge is 2.61. The summed E-state index contributed by atoms with van der Waals surface area (Å²) in [6.07, 6.45) is 0. The van der Waals surface area contributed by atoms with E-state index >= 15 is 0 Å². The molecule has 0 N–H and O–H groups in total. The Morgan fingerprint density at radius 1 is 1.10 bits per heavy atom. The predicted octanol–water partition coefficient (Wildman–Crippen LogP) is 2.33. The van der Waals surface area contributed by atoms with E-state index in [9.17, 15) is 14.4 Å². The second kappa shape index (κ2) is 9.19. The Morgan fingerprint density at radius 3 is 2.23 bits per heavy atom. The Labute approximate surface area is 177 Å². The smallest absolute Gasteiger partial charge is 0.348 e. The summed E-state index contributed by atoms with van der Waals surface area (Å²) in [6.45, 7) is 0.192. The maximum atomic E-state index is 12.8. The number of hydrogen-bond acceptors (Lipinski definition) is 7. The molecule has 1 saturated heterocycles. The Hall–Kier alpha value is -4.04. The van der Waals surface area contributed by atoms with Crippen molar-refractivity contribution in [3.63, 3.8) is 0 Å². The fourth-order valence-corrected chi connectivity index (χ4v) is 3.38. The van der Waals surface area contributed by atoms with Crippen LogP contribution in [0.25, 0.3) is 10.4 Å². The normalized spacial score (nSPS) is 15.4. The molecule has 0 radical (unpaired) electrons. The Balaban J connectivity index is 1.93. The van der Waals surface area contributed by atoms with Crippen molar-refractivity contribution in [2.45, 2.75) is 18.2 Å². The van der Waals surface area contributed by atoms with E-state index in [2.05, 4.69) is 10.0 Å². The molecule has 10 heteroatoms. The number of likely N-dealkylation sites (tertiary alicyclic amines) is 1. The van der Waals surface area contributed by atoms with Crippen LogP contribution in [-0.2, 0) is 36.0 Å². The zero-order valence-electron chi connectivity index (χ0n) is 16.9. The van der Waals surface area contributed by atoms with Crippen molar-refractivity contribution in [2.24, 2.45) is 5.11 Å². The van der Waals surface area contributed by atoms with Gasteiger partial charge in [-0.15, -0.1) is 0 Å². The molecule has 0 bridgehead atoms. The van der Waals surface area contributed by atoms with Gasteiger partial charge in [0.05, 0.1) is 14.2 Å². The molecule has 1 atom stereocenters. The summed E-state index contributed by atoms with van der Waals surface area (Å²) in [6, 6.07) is 14.7. The van der Waals surface area contributed by atoms with Gasteiger partial charge in [0.2, 0.25) is 5.91 Å². The first-order chi connectivity index (χ1) is 15.0. The first-order valence-corrected chi connectivity index (χ1v) is 9.28.